The number of fused-ring (bicyclic) bond motifs is 2. The van der Waals surface area contributed by atoms with Crippen molar-refractivity contribution in [1.82, 2.24) is 0 Å². The van der Waals surface area contributed by atoms with Crippen LogP contribution in [0.5, 0.6) is 17.2 Å². The smallest absolute Gasteiger partial charge is 0.337 e. The van der Waals surface area contributed by atoms with Gasteiger partial charge in [0.05, 0.1) is 30.1 Å². The van der Waals surface area contributed by atoms with E-state index in [1.807, 2.05) is 0 Å². The van der Waals surface area contributed by atoms with Crippen LogP contribution in [0.2, 0.25) is 20.1 Å². The second-order valence-electron chi connectivity index (χ2n) is 6.59. The molecule has 0 aromatic heterocycles. The Labute approximate surface area is 235 Å². The highest BCUT2D eigenvalue weighted by molar-refractivity contribution is 9.11. The van der Waals surface area contributed by atoms with Crippen LogP contribution in [-0.4, -0.2) is 16.2 Å². The van der Waals surface area contributed by atoms with Gasteiger partial charge in [-0.2, -0.15) is 0 Å². The van der Waals surface area contributed by atoms with Gasteiger partial charge in [-0.15, -0.1) is 0 Å². The van der Waals surface area contributed by atoms with E-state index in [1.165, 1.54) is 6.07 Å². The lowest BCUT2D eigenvalue weighted by molar-refractivity contribution is 0.0695. The van der Waals surface area contributed by atoms with Gasteiger partial charge in [-0.3, -0.25) is 0 Å². The van der Waals surface area contributed by atoms with Gasteiger partial charge in [0.1, 0.15) is 16.0 Å². The first-order valence-corrected chi connectivity index (χ1v) is 13.1. The van der Waals surface area contributed by atoms with E-state index in [-0.39, 0.29) is 47.2 Å². The minimum absolute atomic E-state index is 0.0646. The minimum Gasteiger partial charge on any atom is -0.507 e. The van der Waals surface area contributed by atoms with Gasteiger partial charge in [0.2, 0.25) is 0 Å². The number of hydrogen-bond donors (Lipinski definition) is 2. The zero-order chi connectivity index (χ0) is 23.6. The van der Waals surface area contributed by atoms with Crippen molar-refractivity contribution in [3.8, 4) is 17.2 Å². The molecule has 1 unspecified atom stereocenters. The Kier molecular flexibility index (Phi) is 7.10. The molecule has 0 aliphatic carbocycles. The maximum absolute atomic E-state index is 12.3. The molecule has 4 nitrogen and oxygen atoms in total. The first-order chi connectivity index (χ1) is 15.0. The average Bonchev–Trinajstić information content (AvgIpc) is 2.74. The number of carboxylic acid groups (broad SMARTS) is 1. The van der Waals surface area contributed by atoms with Gasteiger partial charge in [0.15, 0.2) is 5.75 Å². The predicted octanol–water partition coefficient (Wildman–Crippen LogP) is 10.0. The number of carbonyl (C=O) groups is 1. The van der Waals surface area contributed by atoms with Gasteiger partial charge in [-0.1, -0.05) is 78.3 Å². The van der Waals surface area contributed by atoms with Crippen molar-refractivity contribution in [3.63, 3.8) is 0 Å². The van der Waals surface area contributed by atoms with Crippen LogP contribution in [0.15, 0.2) is 36.1 Å². The number of halogens is 8. The van der Waals surface area contributed by atoms with E-state index in [0.717, 1.165) is 0 Å². The van der Waals surface area contributed by atoms with Crippen LogP contribution in [0.4, 0.5) is 0 Å². The van der Waals surface area contributed by atoms with Gasteiger partial charge in [0, 0.05) is 31.6 Å². The summed E-state index contributed by atoms with van der Waals surface area (Å²) in [5.74, 6) is -1.58. The molecule has 0 fully saturated rings. The number of aromatic hydroxyl groups is 1. The molecule has 0 saturated heterocycles. The van der Waals surface area contributed by atoms with Gasteiger partial charge < -0.3 is 14.9 Å². The second kappa shape index (κ2) is 9.11. The summed E-state index contributed by atoms with van der Waals surface area (Å²) in [6, 6.07) is 5.00. The van der Waals surface area contributed by atoms with Crippen LogP contribution in [0.3, 0.4) is 0 Å². The Morgan fingerprint density at radius 2 is 1.38 bits per heavy atom. The first kappa shape index (κ1) is 24.9. The number of carboxylic acids is 1. The van der Waals surface area contributed by atoms with Crippen molar-refractivity contribution in [2.45, 2.75) is 5.92 Å². The van der Waals surface area contributed by atoms with Crippen molar-refractivity contribution in [1.29, 1.82) is 0 Å². The summed E-state index contributed by atoms with van der Waals surface area (Å²) in [4.78, 5) is 12.3. The van der Waals surface area contributed by atoms with Crippen LogP contribution in [0, 0.1) is 0 Å². The van der Waals surface area contributed by atoms with Crippen LogP contribution in [-0.2, 0) is 0 Å². The zero-order valence-corrected chi connectivity index (χ0v) is 24.4. The third-order valence-corrected chi connectivity index (χ3v) is 9.43. The Bertz CT molecular complexity index is 1350. The summed E-state index contributed by atoms with van der Waals surface area (Å²) in [7, 11) is 0. The molecule has 0 radical (unpaired) electrons. The first-order valence-electron chi connectivity index (χ1n) is 8.43. The number of rotatable bonds is 2. The van der Waals surface area contributed by atoms with Crippen molar-refractivity contribution >= 4 is 116 Å². The molecular weight excluding hydrogens is 766 g/mol. The van der Waals surface area contributed by atoms with Gasteiger partial charge >= 0.3 is 5.97 Å². The molecule has 1 heterocycles. The predicted molar refractivity (Wildman–Crippen MR) is 140 cm³/mol. The third kappa shape index (κ3) is 3.79. The van der Waals surface area contributed by atoms with E-state index in [2.05, 4.69) is 63.7 Å². The SMILES string of the molecule is O=C(O)c1c(Cl)c(Cl)c(Cl)c(Cl)c1C1c2c(Br)ccc(Br)c2Oc2c(Br)c(O)cc(Br)c21. The molecule has 1 aliphatic rings. The molecule has 1 atom stereocenters. The maximum Gasteiger partial charge on any atom is 0.337 e. The molecule has 32 heavy (non-hydrogen) atoms. The molecule has 4 rings (SSSR count). The minimum atomic E-state index is -1.33. The summed E-state index contributed by atoms with van der Waals surface area (Å²) in [5.41, 5.74) is 0.906. The Hall–Kier alpha value is -0.190. The summed E-state index contributed by atoms with van der Waals surface area (Å²) < 4.78 is 8.10. The van der Waals surface area contributed by atoms with E-state index < -0.39 is 11.9 Å². The fourth-order valence-electron chi connectivity index (χ4n) is 3.56. The summed E-state index contributed by atoms with van der Waals surface area (Å²) in [6.07, 6.45) is 0. The summed E-state index contributed by atoms with van der Waals surface area (Å²) in [6.45, 7) is 0. The summed E-state index contributed by atoms with van der Waals surface area (Å²) in [5, 5.41) is 19.9. The van der Waals surface area contributed by atoms with E-state index in [4.69, 9.17) is 51.1 Å². The Morgan fingerprint density at radius 1 is 0.812 bits per heavy atom. The van der Waals surface area contributed by atoms with Crippen molar-refractivity contribution < 1.29 is 19.7 Å². The second-order valence-corrected chi connectivity index (χ2v) is 11.5. The molecule has 0 saturated carbocycles. The highest BCUT2D eigenvalue weighted by atomic mass is 79.9. The maximum atomic E-state index is 12.3. The average molecular weight is 772 g/mol. The van der Waals surface area contributed by atoms with E-state index in [1.54, 1.807) is 12.1 Å². The Morgan fingerprint density at radius 3 is 2.00 bits per heavy atom. The van der Waals surface area contributed by atoms with Crippen molar-refractivity contribution in [2.75, 3.05) is 0 Å². The lowest BCUT2D eigenvalue weighted by atomic mass is 9.80. The molecule has 12 heteroatoms. The number of phenols is 1. The highest BCUT2D eigenvalue weighted by Gasteiger charge is 2.40. The molecule has 0 spiro atoms. The fourth-order valence-corrected chi connectivity index (χ4v) is 6.62. The molecule has 1 aliphatic heterocycles. The van der Waals surface area contributed by atoms with Gasteiger partial charge in [-0.05, 0) is 50.1 Å². The van der Waals surface area contributed by atoms with Crippen molar-refractivity contribution in [3.05, 3.63) is 78.4 Å². The molecule has 0 bridgehead atoms. The van der Waals surface area contributed by atoms with E-state index in [9.17, 15) is 15.0 Å². The molecule has 3 aromatic carbocycles. The molecule has 166 valence electrons. The van der Waals surface area contributed by atoms with Crippen LogP contribution in [0.25, 0.3) is 0 Å². The lowest BCUT2D eigenvalue weighted by Gasteiger charge is -2.33. The fraction of sp³-hybridized carbons (Fsp3) is 0.0500. The van der Waals surface area contributed by atoms with Crippen LogP contribution in [0.1, 0.15) is 33.0 Å². The van der Waals surface area contributed by atoms with E-state index in [0.29, 0.717) is 30.3 Å². The van der Waals surface area contributed by atoms with E-state index >= 15 is 0 Å². The molecule has 0 amide bonds. The van der Waals surface area contributed by atoms with Crippen LogP contribution < -0.4 is 4.74 Å². The number of ether oxygens (including phenoxy) is 1. The normalized spacial score (nSPS) is 14.6. The summed E-state index contributed by atoms with van der Waals surface area (Å²) >= 11 is 39.3. The number of aromatic carboxylic acids is 1. The highest BCUT2D eigenvalue weighted by Crippen LogP contribution is 2.60. The molecule has 2 N–H and O–H groups in total. The van der Waals surface area contributed by atoms with Crippen LogP contribution >= 0.6 is 110 Å². The quantitative estimate of drug-likeness (QED) is 0.157. The number of hydrogen-bond acceptors (Lipinski definition) is 3. The largest absolute Gasteiger partial charge is 0.507 e. The lowest BCUT2D eigenvalue weighted by Crippen LogP contribution is -2.18. The Balaban J connectivity index is 2.26. The molecular formula is C20H6Br4Cl4O4. The number of phenolic OH excluding ortho intramolecular Hbond substituents is 1. The standard InChI is InChI=1S/C20H6Br4Cl4O4/c21-4-1-2-5(22)18-8(4)10(9-6(23)3-7(29)13(24)19(9)32-18)11-12(20(30)31)15(26)17(28)16(27)14(11)25/h1-3,10,29H,(H,30,31). The topological polar surface area (TPSA) is 66.8 Å². The number of benzene rings is 3. The zero-order valence-electron chi connectivity index (χ0n) is 15.0. The third-order valence-electron chi connectivity index (χ3n) is 4.87. The van der Waals surface area contributed by atoms with Gasteiger partial charge in [0.25, 0.3) is 0 Å². The monoisotopic (exact) mass is 766 g/mol. The molecule has 3 aromatic rings. The van der Waals surface area contributed by atoms with Crippen molar-refractivity contribution in [2.24, 2.45) is 0 Å². The van der Waals surface area contributed by atoms with Gasteiger partial charge in [-0.25, -0.2) is 4.79 Å².